The molecule has 0 unspecified atom stereocenters. The maximum Gasteiger partial charge on any atom is 0.338 e. The van der Waals surface area contributed by atoms with Crippen molar-refractivity contribution >= 4 is 61.7 Å². The fourth-order valence-electron chi connectivity index (χ4n) is 2.61. The Morgan fingerprint density at radius 2 is 1.81 bits per heavy atom. The minimum absolute atomic E-state index is 0.0187. The molecule has 1 N–H and O–H groups in total. The molecule has 162 valence electrons. The Labute approximate surface area is 188 Å². The van der Waals surface area contributed by atoms with Gasteiger partial charge >= 0.3 is 5.97 Å². The Morgan fingerprint density at radius 1 is 1.06 bits per heavy atom. The van der Waals surface area contributed by atoms with Gasteiger partial charge in [-0.05, 0) is 48.5 Å². The van der Waals surface area contributed by atoms with E-state index in [0.29, 0.717) is 16.1 Å². The number of sulfonamides is 1. The number of anilines is 1. The van der Waals surface area contributed by atoms with Crippen LogP contribution < -0.4 is 5.32 Å². The van der Waals surface area contributed by atoms with Gasteiger partial charge in [-0.2, -0.15) is 0 Å². The first-order chi connectivity index (χ1) is 14.6. The van der Waals surface area contributed by atoms with E-state index in [0.717, 1.165) is 4.31 Å². The standard InChI is InChI=1S/C20H17Cl2N3O5S/c1-25(2)31(28,29)17-10-14(5-6-15(17)21)23-19(26)11-30-20(27)13-3-7-16-12(9-13)4-8-18(22)24-16/h3-10H,11H2,1-2H3,(H,23,26). The molecule has 8 nitrogen and oxygen atoms in total. The van der Waals surface area contributed by atoms with E-state index in [1.165, 1.54) is 38.4 Å². The van der Waals surface area contributed by atoms with Crippen LogP contribution in [0.2, 0.25) is 10.2 Å². The monoisotopic (exact) mass is 481 g/mol. The van der Waals surface area contributed by atoms with Gasteiger partial charge in [0.15, 0.2) is 6.61 Å². The number of halogens is 2. The number of carbonyl (C=O) groups excluding carboxylic acids is 2. The smallest absolute Gasteiger partial charge is 0.338 e. The molecule has 0 saturated heterocycles. The number of fused-ring (bicyclic) bond motifs is 1. The molecule has 0 fully saturated rings. The minimum atomic E-state index is -3.80. The van der Waals surface area contributed by atoms with Crippen LogP contribution in [0.3, 0.4) is 0 Å². The summed E-state index contributed by atoms with van der Waals surface area (Å²) in [4.78, 5) is 28.4. The van der Waals surface area contributed by atoms with Crippen LogP contribution in [-0.4, -0.2) is 50.3 Å². The molecule has 0 saturated carbocycles. The summed E-state index contributed by atoms with van der Waals surface area (Å²) in [5.41, 5.74) is 1.06. The highest BCUT2D eigenvalue weighted by Crippen LogP contribution is 2.27. The lowest BCUT2D eigenvalue weighted by atomic mass is 10.1. The SMILES string of the molecule is CN(C)S(=O)(=O)c1cc(NC(=O)COC(=O)c2ccc3nc(Cl)ccc3c2)ccc1Cl. The van der Waals surface area contributed by atoms with Crippen molar-refractivity contribution in [2.24, 2.45) is 0 Å². The van der Waals surface area contributed by atoms with Crippen LogP contribution in [0.4, 0.5) is 5.69 Å². The molecule has 3 rings (SSSR count). The molecule has 31 heavy (non-hydrogen) atoms. The number of esters is 1. The van der Waals surface area contributed by atoms with Crippen LogP contribution in [0.15, 0.2) is 53.4 Å². The lowest BCUT2D eigenvalue weighted by molar-refractivity contribution is -0.119. The van der Waals surface area contributed by atoms with Crippen LogP contribution in [0.1, 0.15) is 10.4 Å². The molecule has 0 aliphatic rings. The number of benzene rings is 2. The number of nitrogens with one attached hydrogen (secondary N) is 1. The van der Waals surface area contributed by atoms with Gasteiger partial charge in [-0.25, -0.2) is 22.5 Å². The largest absolute Gasteiger partial charge is 0.452 e. The molecule has 2 aromatic carbocycles. The highest BCUT2D eigenvalue weighted by atomic mass is 35.5. The fraction of sp³-hybridized carbons (Fsp3) is 0.150. The van der Waals surface area contributed by atoms with Gasteiger partial charge in [0, 0.05) is 25.2 Å². The van der Waals surface area contributed by atoms with E-state index in [2.05, 4.69) is 10.3 Å². The van der Waals surface area contributed by atoms with Crippen molar-refractivity contribution in [3.63, 3.8) is 0 Å². The second-order valence-corrected chi connectivity index (χ2v) is 9.51. The third-order valence-corrected chi connectivity index (χ3v) is 6.71. The molecule has 0 radical (unpaired) electrons. The van der Waals surface area contributed by atoms with Crippen molar-refractivity contribution in [2.45, 2.75) is 4.90 Å². The van der Waals surface area contributed by atoms with Crippen LogP contribution in [0.5, 0.6) is 0 Å². The van der Waals surface area contributed by atoms with Gasteiger partial charge in [0.2, 0.25) is 10.0 Å². The summed E-state index contributed by atoms with van der Waals surface area (Å²) >= 11 is 11.8. The number of hydrogen-bond acceptors (Lipinski definition) is 6. The minimum Gasteiger partial charge on any atom is -0.452 e. The van der Waals surface area contributed by atoms with Crippen LogP contribution in [-0.2, 0) is 19.6 Å². The van der Waals surface area contributed by atoms with Gasteiger partial charge in [0.1, 0.15) is 10.0 Å². The Hall–Kier alpha value is -2.72. The Kier molecular flexibility index (Phi) is 6.80. The highest BCUT2D eigenvalue weighted by molar-refractivity contribution is 7.89. The lowest BCUT2D eigenvalue weighted by Gasteiger charge is -2.14. The van der Waals surface area contributed by atoms with Crippen LogP contribution in [0, 0.1) is 0 Å². The number of nitrogens with zero attached hydrogens (tertiary/aromatic N) is 2. The van der Waals surface area contributed by atoms with Gasteiger partial charge in [0.05, 0.1) is 16.1 Å². The molecule has 0 aliphatic heterocycles. The Bertz CT molecular complexity index is 1280. The molecule has 0 bridgehead atoms. The van der Waals surface area contributed by atoms with Crippen LogP contribution >= 0.6 is 23.2 Å². The zero-order valence-electron chi connectivity index (χ0n) is 16.4. The number of ether oxygens (including phenoxy) is 1. The second kappa shape index (κ2) is 9.19. The number of rotatable bonds is 6. The average Bonchev–Trinajstić information content (AvgIpc) is 2.72. The number of amides is 1. The summed E-state index contributed by atoms with van der Waals surface area (Å²) in [6.07, 6.45) is 0. The molecule has 1 heterocycles. The Morgan fingerprint density at radius 3 is 2.52 bits per heavy atom. The second-order valence-electron chi connectivity index (χ2n) is 6.60. The molecule has 1 amide bonds. The molecule has 3 aromatic rings. The predicted octanol–water partition coefficient (Wildman–Crippen LogP) is 3.59. The summed E-state index contributed by atoms with van der Waals surface area (Å²) < 4.78 is 30.7. The zero-order chi connectivity index (χ0) is 22.8. The molecular weight excluding hydrogens is 465 g/mol. The maximum absolute atomic E-state index is 12.3. The third kappa shape index (κ3) is 5.31. The molecule has 0 spiro atoms. The first kappa shape index (κ1) is 23.0. The van der Waals surface area contributed by atoms with Gasteiger partial charge < -0.3 is 10.1 Å². The van der Waals surface area contributed by atoms with Crippen LogP contribution in [0.25, 0.3) is 10.9 Å². The fourth-order valence-corrected chi connectivity index (χ4v) is 4.16. The van der Waals surface area contributed by atoms with Crippen molar-refractivity contribution in [1.29, 1.82) is 0 Å². The summed E-state index contributed by atoms with van der Waals surface area (Å²) in [5, 5.41) is 3.53. The van der Waals surface area contributed by atoms with Gasteiger partial charge in [-0.15, -0.1) is 0 Å². The van der Waals surface area contributed by atoms with E-state index in [1.807, 2.05) is 0 Å². The summed E-state index contributed by atoms with van der Waals surface area (Å²) in [5.74, 6) is -1.34. The number of pyridine rings is 1. The quantitative estimate of drug-likeness (QED) is 0.425. The van der Waals surface area contributed by atoms with Crippen molar-refractivity contribution in [1.82, 2.24) is 9.29 Å². The number of carbonyl (C=O) groups is 2. The van der Waals surface area contributed by atoms with Gasteiger partial charge in [-0.3, -0.25) is 4.79 Å². The number of hydrogen-bond donors (Lipinski definition) is 1. The van der Waals surface area contributed by atoms with Gasteiger partial charge in [0.25, 0.3) is 5.91 Å². The first-order valence-corrected chi connectivity index (χ1v) is 11.0. The first-order valence-electron chi connectivity index (χ1n) is 8.83. The van der Waals surface area contributed by atoms with E-state index >= 15 is 0 Å². The summed E-state index contributed by atoms with van der Waals surface area (Å²) in [7, 11) is -1.06. The van der Waals surface area contributed by atoms with Crippen molar-refractivity contribution in [3.8, 4) is 0 Å². The van der Waals surface area contributed by atoms with Gasteiger partial charge in [-0.1, -0.05) is 23.2 Å². The normalized spacial score (nSPS) is 11.5. The summed E-state index contributed by atoms with van der Waals surface area (Å²) in [6.45, 7) is -0.561. The maximum atomic E-state index is 12.3. The molecule has 0 aliphatic carbocycles. The van der Waals surface area contributed by atoms with Crippen molar-refractivity contribution < 1.29 is 22.7 Å². The highest BCUT2D eigenvalue weighted by Gasteiger charge is 2.21. The molecular formula is C20H17Cl2N3O5S. The molecule has 0 atom stereocenters. The van der Waals surface area contributed by atoms with Crippen molar-refractivity contribution in [3.05, 3.63) is 64.3 Å². The molecule has 11 heteroatoms. The average molecular weight is 482 g/mol. The van der Waals surface area contributed by atoms with E-state index in [1.54, 1.807) is 24.3 Å². The predicted molar refractivity (Wildman–Crippen MR) is 118 cm³/mol. The summed E-state index contributed by atoms with van der Waals surface area (Å²) in [6, 6.07) is 12.1. The Balaban J connectivity index is 1.66. The van der Waals surface area contributed by atoms with Crippen molar-refractivity contribution in [2.75, 3.05) is 26.0 Å². The molecule has 1 aromatic heterocycles. The van der Waals surface area contributed by atoms with E-state index < -0.39 is 28.5 Å². The number of aromatic nitrogens is 1. The van der Waals surface area contributed by atoms with E-state index in [-0.39, 0.29) is 21.2 Å². The van der Waals surface area contributed by atoms with E-state index in [9.17, 15) is 18.0 Å². The topological polar surface area (TPSA) is 106 Å². The third-order valence-electron chi connectivity index (χ3n) is 4.20. The lowest BCUT2D eigenvalue weighted by Crippen LogP contribution is -2.23. The zero-order valence-corrected chi connectivity index (χ0v) is 18.8. The van der Waals surface area contributed by atoms with E-state index in [4.69, 9.17) is 27.9 Å².